The summed E-state index contributed by atoms with van der Waals surface area (Å²) in [6.45, 7) is 0.133. The zero-order valence-corrected chi connectivity index (χ0v) is 19.4. The van der Waals surface area contributed by atoms with Gasteiger partial charge < -0.3 is 19.5 Å². The Kier molecular flexibility index (Phi) is 9.29. The number of methoxy groups -OCH3 is 2. The van der Waals surface area contributed by atoms with Crippen LogP contribution in [0, 0.1) is 0 Å². The van der Waals surface area contributed by atoms with Crippen LogP contribution in [0.3, 0.4) is 0 Å². The average Bonchev–Trinajstić information content (AvgIpc) is 2.89. The van der Waals surface area contributed by atoms with Crippen LogP contribution in [0.5, 0.6) is 11.5 Å². The fourth-order valence-corrected chi connectivity index (χ4v) is 3.39. The molecule has 3 aromatic rings. The first-order chi connectivity index (χ1) is 16.6. The summed E-state index contributed by atoms with van der Waals surface area (Å²) in [7, 11) is 3.09. The van der Waals surface area contributed by atoms with E-state index in [1.165, 1.54) is 13.2 Å². The third kappa shape index (κ3) is 7.52. The molecule has 0 radical (unpaired) electrons. The van der Waals surface area contributed by atoms with E-state index in [1.807, 2.05) is 60.7 Å². The lowest BCUT2D eigenvalue weighted by atomic mass is 10.1. The van der Waals surface area contributed by atoms with Gasteiger partial charge in [0, 0.05) is 12.5 Å². The lowest BCUT2D eigenvalue weighted by Gasteiger charge is -2.20. The summed E-state index contributed by atoms with van der Waals surface area (Å²) in [5.74, 6) is 0.441. The summed E-state index contributed by atoms with van der Waals surface area (Å²) in [6, 6.07) is 24.6. The number of nitrogens with one attached hydrogen (secondary N) is 1. The molecule has 0 fully saturated rings. The molecule has 0 spiro atoms. The van der Waals surface area contributed by atoms with Crippen molar-refractivity contribution < 1.29 is 23.8 Å². The lowest BCUT2D eigenvalue weighted by molar-refractivity contribution is -0.143. The molecule has 3 rings (SSSR count). The van der Waals surface area contributed by atoms with E-state index < -0.39 is 12.1 Å². The number of carbonyl (C=O) groups excluding carboxylic acids is 2. The first kappa shape index (κ1) is 24.6. The van der Waals surface area contributed by atoms with Crippen molar-refractivity contribution in [3.05, 3.63) is 102 Å². The smallest absolute Gasteiger partial charge is 0.331 e. The summed E-state index contributed by atoms with van der Waals surface area (Å²) < 4.78 is 16.4. The summed E-state index contributed by atoms with van der Waals surface area (Å²) in [5.41, 5.74) is 2.66. The molecule has 0 unspecified atom stereocenters. The minimum absolute atomic E-state index is 0.120. The number of benzene rings is 3. The lowest BCUT2D eigenvalue weighted by Crippen LogP contribution is -2.30. The number of hydrogen-bond donors (Lipinski definition) is 1. The van der Waals surface area contributed by atoms with Crippen molar-refractivity contribution in [2.45, 2.75) is 18.9 Å². The zero-order chi connectivity index (χ0) is 24.2. The highest BCUT2D eigenvalue weighted by Crippen LogP contribution is 2.31. The molecule has 1 atom stereocenters. The van der Waals surface area contributed by atoms with E-state index >= 15 is 0 Å². The molecule has 6 nitrogen and oxygen atoms in total. The van der Waals surface area contributed by atoms with Crippen LogP contribution in [0.1, 0.15) is 29.2 Å². The number of ether oxygens (including phenoxy) is 3. The summed E-state index contributed by atoms with van der Waals surface area (Å²) in [4.78, 5) is 25.0. The Labute approximate surface area is 200 Å². The second kappa shape index (κ2) is 12.8. The standard InChI is InChI=1S/C28H29NO5/c1-32-24-16-15-23(19-25(24)33-2)26(34-28(31)18-14-22-11-7-4-8-12-22)20-29-27(30)17-13-21-9-5-3-6-10-21/h3-12,14-16,18-19,26H,13,17,20H2,1-2H3,(H,29,30)/b18-14+/t26-/m1/s1. The quantitative estimate of drug-likeness (QED) is 0.331. The second-order valence-electron chi connectivity index (χ2n) is 7.57. The molecule has 0 saturated carbocycles. The van der Waals surface area contributed by atoms with Crippen LogP contribution >= 0.6 is 0 Å². The van der Waals surface area contributed by atoms with Crippen molar-refractivity contribution >= 4 is 18.0 Å². The van der Waals surface area contributed by atoms with Gasteiger partial charge in [-0.05, 0) is 41.3 Å². The number of carbonyl (C=O) groups is 2. The Morgan fingerprint density at radius 3 is 2.24 bits per heavy atom. The summed E-state index contributed by atoms with van der Waals surface area (Å²) in [6.07, 6.45) is 3.33. The molecule has 176 valence electrons. The maximum Gasteiger partial charge on any atom is 0.331 e. The van der Waals surface area contributed by atoms with E-state index in [0.717, 1.165) is 11.1 Å². The third-order valence-electron chi connectivity index (χ3n) is 5.22. The van der Waals surface area contributed by atoms with Gasteiger partial charge >= 0.3 is 5.97 Å². The fraction of sp³-hybridized carbons (Fsp3) is 0.214. The van der Waals surface area contributed by atoms with Crippen LogP contribution in [0.15, 0.2) is 84.9 Å². The normalized spacial score (nSPS) is 11.6. The molecular weight excluding hydrogens is 430 g/mol. The summed E-state index contributed by atoms with van der Waals surface area (Å²) in [5, 5.41) is 2.88. The van der Waals surface area contributed by atoms with E-state index in [1.54, 1.807) is 31.4 Å². The predicted octanol–water partition coefficient (Wildman–Crippen LogP) is 4.75. The minimum atomic E-state index is -0.701. The summed E-state index contributed by atoms with van der Waals surface area (Å²) >= 11 is 0. The van der Waals surface area contributed by atoms with Crippen molar-refractivity contribution in [1.82, 2.24) is 5.32 Å². The molecule has 0 aliphatic heterocycles. The molecule has 6 heteroatoms. The van der Waals surface area contributed by atoms with Crippen molar-refractivity contribution in [2.75, 3.05) is 20.8 Å². The van der Waals surface area contributed by atoms with Crippen LogP contribution in [-0.4, -0.2) is 32.6 Å². The highest BCUT2D eigenvalue weighted by Gasteiger charge is 2.19. The maximum absolute atomic E-state index is 12.6. The highest BCUT2D eigenvalue weighted by molar-refractivity contribution is 5.87. The number of amides is 1. The molecular formula is C28H29NO5. The SMILES string of the molecule is COc1ccc([C@@H](CNC(=O)CCc2ccccc2)OC(=O)/C=C/c2ccccc2)cc1OC. The Hall–Kier alpha value is -4.06. The first-order valence-electron chi connectivity index (χ1n) is 11.1. The molecule has 0 aromatic heterocycles. The molecule has 0 bridgehead atoms. The molecule has 34 heavy (non-hydrogen) atoms. The van der Waals surface area contributed by atoms with Gasteiger partial charge in [-0.15, -0.1) is 0 Å². The Morgan fingerprint density at radius 1 is 0.882 bits per heavy atom. The Morgan fingerprint density at radius 2 is 1.56 bits per heavy atom. The van der Waals surface area contributed by atoms with E-state index in [9.17, 15) is 9.59 Å². The largest absolute Gasteiger partial charge is 0.493 e. The number of rotatable bonds is 11. The third-order valence-corrected chi connectivity index (χ3v) is 5.22. The van der Waals surface area contributed by atoms with Crippen molar-refractivity contribution in [3.8, 4) is 11.5 Å². The van der Waals surface area contributed by atoms with Gasteiger partial charge in [0.15, 0.2) is 11.5 Å². The molecule has 0 saturated heterocycles. The van der Waals surface area contributed by atoms with E-state index in [2.05, 4.69) is 5.32 Å². The molecule has 0 heterocycles. The second-order valence-corrected chi connectivity index (χ2v) is 7.57. The van der Waals surface area contributed by atoms with Crippen LogP contribution in [0.2, 0.25) is 0 Å². The van der Waals surface area contributed by atoms with Gasteiger partial charge in [0.2, 0.25) is 5.91 Å². The fourth-order valence-electron chi connectivity index (χ4n) is 3.39. The Bertz CT molecular complexity index is 1100. The number of aryl methyl sites for hydroxylation is 1. The van der Waals surface area contributed by atoms with E-state index in [0.29, 0.717) is 29.9 Å². The van der Waals surface area contributed by atoms with E-state index in [-0.39, 0.29) is 12.5 Å². The molecule has 1 N–H and O–H groups in total. The minimum Gasteiger partial charge on any atom is -0.493 e. The van der Waals surface area contributed by atoms with Gasteiger partial charge in [-0.3, -0.25) is 4.79 Å². The molecule has 3 aromatic carbocycles. The topological polar surface area (TPSA) is 73.9 Å². The van der Waals surface area contributed by atoms with Crippen LogP contribution in [0.4, 0.5) is 0 Å². The van der Waals surface area contributed by atoms with Gasteiger partial charge in [0.25, 0.3) is 0 Å². The van der Waals surface area contributed by atoms with Gasteiger partial charge in [-0.25, -0.2) is 4.79 Å². The monoisotopic (exact) mass is 459 g/mol. The highest BCUT2D eigenvalue weighted by atomic mass is 16.5. The molecule has 0 aliphatic rings. The molecule has 0 aliphatic carbocycles. The number of hydrogen-bond acceptors (Lipinski definition) is 5. The van der Waals surface area contributed by atoms with Crippen molar-refractivity contribution in [3.63, 3.8) is 0 Å². The van der Waals surface area contributed by atoms with Crippen LogP contribution < -0.4 is 14.8 Å². The van der Waals surface area contributed by atoms with Crippen LogP contribution in [-0.2, 0) is 20.7 Å². The first-order valence-corrected chi connectivity index (χ1v) is 11.1. The van der Waals surface area contributed by atoms with Gasteiger partial charge in [0.05, 0.1) is 20.8 Å². The van der Waals surface area contributed by atoms with Gasteiger partial charge in [-0.2, -0.15) is 0 Å². The zero-order valence-electron chi connectivity index (χ0n) is 19.4. The molecule has 1 amide bonds. The predicted molar refractivity (Wildman–Crippen MR) is 132 cm³/mol. The Balaban J connectivity index is 1.68. The van der Waals surface area contributed by atoms with E-state index in [4.69, 9.17) is 14.2 Å². The maximum atomic E-state index is 12.6. The number of esters is 1. The van der Waals surface area contributed by atoms with Gasteiger partial charge in [-0.1, -0.05) is 66.7 Å². The van der Waals surface area contributed by atoms with Crippen molar-refractivity contribution in [1.29, 1.82) is 0 Å². The van der Waals surface area contributed by atoms with Crippen molar-refractivity contribution in [2.24, 2.45) is 0 Å². The van der Waals surface area contributed by atoms with Crippen LogP contribution in [0.25, 0.3) is 6.08 Å². The van der Waals surface area contributed by atoms with Gasteiger partial charge in [0.1, 0.15) is 6.10 Å². The average molecular weight is 460 g/mol.